The Labute approximate surface area is 155 Å². The van der Waals surface area contributed by atoms with Gasteiger partial charge in [0.05, 0.1) is 12.0 Å². The molecule has 2 N–H and O–H groups in total. The van der Waals surface area contributed by atoms with Gasteiger partial charge in [0.2, 0.25) is 0 Å². The third-order valence-electron chi connectivity index (χ3n) is 3.76. The van der Waals surface area contributed by atoms with Crippen LogP contribution in [0.1, 0.15) is 11.7 Å². The fraction of sp³-hybridized carbons (Fsp3) is 0.222. The van der Waals surface area contributed by atoms with E-state index in [9.17, 15) is 19.7 Å². The highest BCUT2D eigenvalue weighted by atomic mass is 16.6. The molecule has 9 heteroatoms. The lowest BCUT2D eigenvalue weighted by Gasteiger charge is -2.18. The number of carbonyl (C=O) groups is 2. The summed E-state index contributed by atoms with van der Waals surface area (Å²) in [6.45, 7) is 0.0589. The highest BCUT2D eigenvalue weighted by molar-refractivity contribution is 6.39. The van der Waals surface area contributed by atoms with E-state index in [2.05, 4.69) is 10.6 Å². The molecule has 0 heterocycles. The van der Waals surface area contributed by atoms with Gasteiger partial charge in [0.1, 0.15) is 11.9 Å². The second-order valence-corrected chi connectivity index (χ2v) is 5.43. The van der Waals surface area contributed by atoms with Crippen LogP contribution in [0.15, 0.2) is 48.5 Å². The number of benzene rings is 2. The molecular formula is C18H19N3O6. The summed E-state index contributed by atoms with van der Waals surface area (Å²) in [6.07, 6.45) is -0.503. The molecule has 0 fully saturated rings. The van der Waals surface area contributed by atoms with Gasteiger partial charge in [-0.1, -0.05) is 18.2 Å². The number of nitro benzene ring substituents is 1. The van der Waals surface area contributed by atoms with E-state index in [1.54, 1.807) is 12.1 Å². The lowest BCUT2D eigenvalue weighted by molar-refractivity contribution is -0.384. The molecule has 0 saturated heterocycles. The van der Waals surface area contributed by atoms with Crippen molar-refractivity contribution in [2.45, 2.75) is 6.10 Å². The standard InChI is InChI=1S/C18H19N3O6/c1-26-15-6-4-3-5-14(15)16(27-2)11-19-17(22)18(23)20-12-7-9-13(10-8-12)21(24)25/h3-10,16H,11H2,1-2H3,(H,19,22)(H,20,23). The molecule has 0 spiro atoms. The van der Waals surface area contributed by atoms with Crippen molar-refractivity contribution in [3.05, 3.63) is 64.2 Å². The topological polar surface area (TPSA) is 120 Å². The molecule has 2 amide bonds. The van der Waals surface area contributed by atoms with Crippen LogP contribution in [0.5, 0.6) is 5.75 Å². The number of rotatable bonds is 7. The van der Waals surface area contributed by atoms with Crippen LogP contribution in [0.25, 0.3) is 0 Å². The average Bonchev–Trinajstić information content (AvgIpc) is 2.68. The molecule has 0 aliphatic rings. The number of hydrogen-bond donors (Lipinski definition) is 2. The van der Waals surface area contributed by atoms with Crippen LogP contribution < -0.4 is 15.4 Å². The molecule has 1 atom stereocenters. The quantitative estimate of drug-likeness (QED) is 0.435. The van der Waals surface area contributed by atoms with Crippen molar-refractivity contribution in [2.24, 2.45) is 0 Å². The number of nitrogens with zero attached hydrogens (tertiary/aromatic N) is 1. The normalized spacial score (nSPS) is 11.3. The van der Waals surface area contributed by atoms with E-state index in [1.165, 1.54) is 38.5 Å². The monoisotopic (exact) mass is 373 g/mol. The van der Waals surface area contributed by atoms with Gasteiger partial charge >= 0.3 is 11.8 Å². The average molecular weight is 373 g/mol. The minimum Gasteiger partial charge on any atom is -0.496 e. The Morgan fingerprint density at radius 3 is 2.33 bits per heavy atom. The summed E-state index contributed by atoms with van der Waals surface area (Å²) in [4.78, 5) is 34.0. The van der Waals surface area contributed by atoms with Crippen molar-refractivity contribution in [3.8, 4) is 5.75 Å². The van der Waals surface area contributed by atoms with Gasteiger partial charge in [0.15, 0.2) is 0 Å². The molecule has 2 aromatic carbocycles. The molecule has 2 rings (SSSR count). The van der Waals surface area contributed by atoms with Crippen LogP contribution >= 0.6 is 0 Å². The summed E-state index contributed by atoms with van der Waals surface area (Å²) in [5.41, 5.74) is 0.893. The second kappa shape index (κ2) is 9.30. The van der Waals surface area contributed by atoms with E-state index in [0.29, 0.717) is 5.75 Å². The van der Waals surface area contributed by atoms with Crippen molar-refractivity contribution < 1.29 is 24.0 Å². The zero-order valence-corrected chi connectivity index (χ0v) is 14.8. The van der Waals surface area contributed by atoms with Crippen molar-refractivity contribution in [1.29, 1.82) is 0 Å². The summed E-state index contributed by atoms with van der Waals surface area (Å²) in [7, 11) is 3.02. The predicted octanol–water partition coefficient (Wildman–Crippen LogP) is 2.05. The number of ether oxygens (including phenoxy) is 2. The van der Waals surface area contributed by atoms with Crippen molar-refractivity contribution in [3.63, 3.8) is 0 Å². The summed E-state index contributed by atoms with van der Waals surface area (Å²) in [5, 5.41) is 15.5. The minimum atomic E-state index is -0.890. The number of hydrogen-bond acceptors (Lipinski definition) is 6. The maximum absolute atomic E-state index is 12.0. The molecule has 9 nitrogen and oxygen atoms in total. The lowest BCUT2D eigenvalue weighted by atomic mass is 10.1. The van der Waals surface area contributed by atoms with Crippen LogP contribution in [0, 0.1) is 10.1 Å². The van der Waals surface area contributed by atoms with Crippen molar-refractivity contribution >= 4 is 23.2 Å². The van der Waals surface area contributed by atoms with E-state index in [4.69, 9.17) is 9.47 Å². The second-order valence-electron chi connectivity index (χ2n) is 5.43. The molecule has 0 aliphatic carbocycles. The first-order chi connectivity index (χ1) is 13.0. The third kappa shape index (κ3) is 5.25. The third-order valence-corrected chi connectivity index (χ3v) is 3.76. The van der Waals surface area contributed by atoms with Crippen molar-refractivity contribution in [2.75, 3.05) is 26.1 Å². The first-order valence-corrected chi connectivity index (χ1v) is 7.95. The van der Waals surface area contributed by atoms with Gasteiger partial charge in [-0.05, 0) is 18.2 Å². The van der Waals surface area contributed by atoms with E-state index >= 15 is 0 Å². The molecule has 27 heavy (non-hydrogen) atoms. The summed E-state index contributed by atoms with van der Waals surface area (Å²) >= 11 is 0. The summed E-state index contributed by atoms with van der Waals surface area (Å²) in [5.74, 6) is -1.14. The van der Waals surface area contributed by atoms with Gasteiger partial charge in [-0.2, -0.15) is 0 Å². The number of nitrogens with one attached hydrogen (secondary N) is 2. The zero-order chi connectivity index (χ0) is 19.8. The molecular weight excluding hydrogens is 354 g/mol. The van der Waals surface area contributed by atoms with Gasteiger partial charge in [0.25, 0.3) is 5.69 Å². The number of amides is 2. The summed E-state index contributed by atoms with van der Waals surface area (Å²) in [6, 6.07) is 12.3. The van der Waals surface area contributed by atoms with Crippen LogP contribution in [-0.4, -0.2) is 37.5 Å². The van der Waals surface area contributed by atoms with Crippen LogP contribution in [0.2, 0.25) is 0 Å². The first kappa shape index (κ1) is 19.9. The number of non-ortho nitro benzene ring substituents is 1. The van der Waals surface area contributed by atoms with Gasteiger partial charge in [0, 0.05) is 37.0 Å². The maximum Gasteiger partial charge on any atom is 0.313 e. The molecule has 0 aromatic heterocycles. The van der Waals surface area contributed by atoms with E-state index in [-0.39, 0.29) is 17.9 Å². The Bertz CT molecular complexity index is 822. The lowest BCUT2D eigenvalue weighted by Crippen LogP contribution is -2.38. The van der Waals surface area contributed by atoms with Gasteiger partial charge in [-0.25, -0.2) is 0 Å². The first-order valence-electron chi connectivity index (χ1n) is 7.95. The largest absolute Gasteiger partial charge is 0.496 e. The number of nitro groups is 1. The van der Waals surface area contributed by atoms with Gasteiger partial charge in [-0.15, -0.1) is 0 Å². The Morgan fingerprint density at radius 1 is 1.07 bits per heavy atom. The zero-order valence-electron chi connectivity index (χ0n) is 14.8. The number of methoxy groups -OCH3 is 2. The summed E-state index contributed by atoms with van der Waals surface area (Å²) < 4.78 is 10.6. The Morgan fingerprint density at radius 2 is 1.74 bits per heavy atom. The molecule has 2 aromatic rings. The maximum atomic E-state index is 12.0. The van der Waals surface area contributed by atoms with Gasteiger partial charge in [-0.3, -0.25) is 19.7 Å². The van der Waals surface area contributed by atoms with Crippen molar-refractivity contribution in [1.82, 2.24) is 5.32 Å². The highest BCUT2D eigenvalue weighted by Gasteiger charge is 2.19. The van der Waals surface area contributed by atoms with E-state index in [1.807, 2.05) is 12.1 Å². The van der Waals surface area contributed by atoms with Gasteiger partial charge < -0.3 is 20.1 Å². The predicted molar refractivity (Wildman–Crippen MR) is 97.5 cm³/mol. The van der Waals surface area contributed by atoms with Crippen LogP contribution in [-0.2, 0) is 14.3 Å². The Balaban J connectivity index is 1.95. The molecule has 0 radical (unpaired) electrons. The van der Waals surface area contributed by atoms with E-state index in [0.717, 1.165) is 5.56 Å². The molecule has 0 aliphatic heterocycles. The highest BCUT2D eigenvalue weighted by Crippen LogP contribution is 2.26. The Hall–Kier alpha value is -3.46. The molecule has 142 valence electrons. The number of carbonyl (C=O) groups excluding carboxylic acids is 2. The number of anilines is 1. The molecule has 1 unspecified atom stereocenters. The minimum absolute atomic E-state index is 0.0589. The molecule has 0 saturated carbocycles. The SMILES string of the molecule is COc1ccccc1C(CNC(=O)C(=O)Nc1ccc([N+](=O)[O-])cc1)OC. The number of para-hydroxylation sites is 1. The molecule has 0 bridgehead atoms. The van der Waals surface area contributed by atoms with Crippen LogP contribution in [0.4, 0.5) is 11.4 Å². The smallest absolute Gasteiger partial charge is 0.313 e. The Kier molecular flexibility index (Phi) is 6.84. The van der Waals surface area contributed by atoms with E-state index < -0.39 is 22.8 Å². The fourth-order valence-electron chi connectivity index (χ4n) is 2.37. The van der Waals surface area contributed by atoms with Crippen LogP contribution in [0.3, 0.4) is 0 Å². The fourth-order valence-corrected chi connectivity index (χ4v) is 2.37.